The smallest absolute Gasteiger partial charge is 0.255 e. The molecular formula is C10H13IN2O2S. The number of nitrogens with zero attached hydrogens (tertiary/aromatic N) is 1. The lowest BCUT2D eigenvalue weighted by molar-refractivity contribution is -0.121. The third-order valence-corrected chi connectivity index (χ3v) is 3.89. The molecule has 1 heterocycles. The minimum Gasteiger partial charge on any atom is -0.358 e. The van der Waals surface area contributed by atoms with Gasteiger partial charge in [-0.1, -0.05) is 0 Å². The number of halogens is 1. The van der Waals surface area contributed by atoms with Crippen molar-refractivity contribution in [2.45, 2.75) is 6.92 Å². The maximum Gasteiger partial charge on any atom is 0.255 e. The van der Waals surface area contributed by atoms with E-state index in [-0.39, 0.29) is 18.4 Å². The second kappa shape index (κ2) is 6.19. The largest absolute Gasteiger partial charge is 0.358 e. The normalized spacial score (nSPS) is 9.94. The van der Waals surface area contributed by atoms with Crippen LogP contribution in [0.2, 0.25) is 0 Å². The van der Waals surface area contributed by atoms with Gasteiger partial charge in [-0.05, 0) is 35.6 Å². The lowest BCUT2D eigenvalue weighted by Crippen LogP contribution is -2.39. The Labute approximate surface area is 112 Å². The van der Waals surface area contributed by atoms with Crippen LogP contribution in [0.3, 0.4) is 0 Å². The Balaban J connectivity index is 2.73. The van der Waals surface area contributed by atoms with E-state index in [0.29, 0.717) is 12.1 Å². The molecule has 1 aromatic rings. The van der Waals surface area contributed by atoms with Gasteiger partial charge in [0.2, 0.25) is 5.91 Å². The van der Waals surface area contributed by atoms with E-state index in [4.69, 9.17) is 0 Å². The minimum atomic E-state index is -0.153. The summed E-state index contributed by atoms with van der Waals surface area (Å²) in [6.07, 6.45) is 0. The standard InChI is InChI=1S/C10H13IN2O2S/c1-3-13(5-9(14)12-2)10(15)7-4-8(11)16-6-7/h4,6H,3,5H2,1-2H3,(H,12,14). The highest BCUT2D eigenvalue weighted by molar-refractivity contribution is 14.1. The van der Waals surface area contributed by atoms with Crippen molar-refractivity contribution in [3.63, 3.8) is 0 Å². The van der Waals surface area contributed by atoms with E-state index in [1.807, 2.05) is 18.4 Å². The van der Waals surface area contributed by atoms with Crippen molar-refractivity contribution in [3.05, 3.63) is 19.9 Å². The van der Waals surface area contributed by atoms with Gasteiger partial charge in [-0.25, -0.2) is 0 Å². The van der Waals surface area contributed by atoms with Crippen molar-refractivity contribution in [1.82, 2.24) is 10.2 Å². The zero-order valence-electron chi connectivity index (χ0n) is 9.12. The summed E-state index contributed by atoms with van der Waals surface area (Å²) < 4.78 is 1.07. The molecule has 0 fully saturated rings. The van der Waals surface area contributed by atoms with Gasteiger partial charge < -0.3 is 10.2 Å². The highest BCUT2D eigenvalue weighted by Crippen LogP contribution is 2.18. The molecule has 0 aliphatic rings. The first kappa shape index (κ1) is 13.4. The van der Waals surface area contributed by atoms with Crippen LogP contribution in [0.1, 0.15) is 17.3 Å². The summed E-state index contributed by atoms with van der Waals surface area (Å²) in [7, 11) is 1.56. The first-order valence-electron chi connectivity index (χ1n) is 4.82. The van der Waals surface area contributed by atoms with Crippen molar-refractivity contribution in [2.24, 2.45) is 0 Å². The Kier molecular flexibility index (Phi) is 5.20. The van der Waals surface area contributed by atoms with Crippen molar-refractivity contribution in [1.29, 1.82) is 0 Å². The molecule has 0 spiro atoms. The predicted octanol–water partition coefficient (Wildman–Crippen LogP) is 1.56. The molecule has 6 heteroatoms. The molecule has 1 aromatic heterocycles. The molecule has 0 bridgehead atoms. The zero-order valence-corrected chi connectivity index (χ0v) is 12.1. The van der Waals surface area contributed by atoms with Crippen LogP contribution in [0, 0.1) is 2.88 Å². The number of thiophene rings is 1. The molecule has 0 unspecified atom stereocenters. The van der Waals surface area contributed by atoms with Gasteiger partial charge in [0.1, 0.15) is 0 Å². The lowest BCUT2D eigenvalue weighted by atomic mass is 10.3. The summed E-state index contributed by atoms with van der Waals surface area (Å²) in [6.45, 7) is 2.50. The molecule has 0 atom stereocenters. The fourth-order valence-electron chi connectivity index (χ4n) is 1.18. The Morgan fingerprint density at radius 2 is 2.25 bits per heavy atom. The van der Waals surface area contributed by atoms with Gasteiger partial charge in [0.15, 0.2) is 0 Å². The van der Waals surface area contributed by atoms with Gasteiger partial charge in [-0.2, -0.15) is 0 Å². The average molecular weight is 352 g/mol. The molecule has 4 nitrogen and oxygen atoms in total. The van der Waals surface area contributed by atoms with E-state index in [2.05, 4.69) is 27.9 Å². The van der Waals surface area contributed by atoms with E-state index in [1.165, 1.54) is 16.2 Å². The van der Waals surface area contributed by atoms with Gasteiger partial charge in [-0.3, -0.25) is 9.59 Å². The topological polar surface area (TPSA) is 49.4 Å². The number of carbonyl (C=O) groups is 2. The van der Waals surface area contributed by atoms with Crippen LogP contribution in [0.4, 0.5) is 0 Å². The van der Waals surface area contributed by atoms with Crippen LogP contribution in [0.5, 0.6) is 0 Å². The van der Waals surface area contributed by atoms with Crippen molar-refractivity contribution >= 4 is 45.7 Å². The molecule has 1 rings (SSSR count). The second-order valence-corrected chi connectivity index (χ2v) is 5.94. The second-order valence-electron chi connectivity index (χ2n) is 3.13. The van der Waals surface area contributed by atoms with Gasteiger partial charge in [0, 0.05) is 19.0 Å². The third kappa shape index (κ3) is 3.44. The lowest BCUT2D eigenvalue weighted by Gasteiger charge is -2.19. The van der Waals surface area contributed by atoms with Crippen LogP contribution in [-0.4, -0.2) is 36.9 Å². The van der Waals surface area contributed by atoms with Crippen LogP contribution < -0.4 is 5.32 Å². The van der Waals surface area contributed by atoms with Gasteiger partial charge in [0.25, 0.3) is 5.91 Å². The minimum absolute atomic E-state index is 0.0923. The fraction of sp³-hybridized carbons (Fsp3) is 0.400. The Bertz CT molecular complexity index is 392. The third-order valence-electron chi connectivity index (χ3n) is 2.10. The van der Waals surface area contributed by atoms with Gasteiger partial charge in [0.05, 0.1) is 15.0 Å². The van der Waals surface area contributed by atoms with Crippen LogP contribution >= 0.6 is 33.9 Å². The molecule has 0 saturated heterocycles. The number of hydrogen-bond acceptors (Lipinski definition) is 3. The van der Waals surface area contributed by atoms with Crippen LogP contribution in [0.15, 0.2) is 11.4 Å². The highest BCUT2D eigenvalue weighted by atomic mass is 127. The molecule has 2 amide bonds. The van der Waals surface area contributed by atoms with E-state index < -0.39 is 0 Å². The predicted molar refractivity (Wildman–Crippen MR) is 72.7 cm³/mol. The Hall–Kier alpha value is -0.630. The number of likely N-dealkylation sites (N-methyl/N-ethyl adjacent to an activating group) is 2. The molecule has 88 valence electrons. The average Bonchev–Trinajstić information content (AvgIpc) is 2.71. The quantitative estimate of drug-likeness (QED) is 0.837. The van der Waals surface area contributed by atoms with Crippen molar-refractivity contribution in [3.8, 4) is 0 Å². The molecule has 16 heavy (non-hydrogen) atoms. The van der Waals surface area contributed by atoms with Crippen molar-refractivity contribution in [2.75, 3.05) is 20.1 Å². The summed E-state index contributed by atoms with van der Waals surface area (Å²) in [4.78, 5) is 24.7. The van der Waals surface area contributed by atoms with E-state index in [0.717, 1.165) is 2.88 Å². The summed E-state index contributed by atoms with van der Waals surface area (Å²) in [5.74, 6) is -0.245. The summed E-state index contributed by atoms with van der Waals surface area (Å²) >= 11 is 3.69. The van der Waals surface area contributed by atoms with Gasteiger partial charge in [-0.15, -0.1) is 11.3 Å². The van der Waals surface area contributed by atoms with Crippen LogP contribution in [-0.2, 0) is 4.79 Å². The maximum absolute atomic E-state index is 12.0. The molecular weight excluding hydrogens is 339 g/mol. The Morgan fingerprint density at radius 1 is 1.56 bits per heavy atom. The van der Waals surface area contributed by atoms with E-state index in [9.17, 15) is 9.59 Å². The monoisotopic (exact) mass is 352 g/mol. The fourth-order valence-corrected chi connectivity index (χ4v) is 2.50. The maximum atomic E-state index is 12.0. The highest BCUT2D eigenvalue weighted by Gasteiger charge is 2.17. The number of amides is 2. The summed E-state index contributed by atoms with van der Waals surface area (Å²) in [5.41, 5.74) is 0.653. The molecule has 0 aromatic carbocycles. The van der Waals surface area contributed by atoms with E-state index >= 15 is 0 Å². The summed E-state index contributed by atoms with van der Waals surface area (Å²) in [6, 6.07) is 1.83. The Morgan fingerprint density at radius 3 is 2.69 bits per heavy atom. The molecule has 1 N–H and O–H groups in total. The molecule has 0 radical (unpaired) electrons. The van der Waals surface area contributed by atoms with Gasteiger partial charge >= 0.3 is 0 Å². The zero-order chi connectivity index (χ0) is 12.1. The first-order chi connectivity index (χ1) is 7.58. The number of hydrogen-bond donors (Lipinski definition) is 1. The first-order valence-corrected chi connectivity index (χ1v) is 6.78. The number of rotatable bonds is 4. The van der Waals surface area contributed by atoms with E-state index in [1.54, 1.807) is 7.05 Å². The molecule has 0 aliphatic heterocycles. The molecule has 0 saturated carbocycles. The number of carbonyl (C=O) groups excluding carboxylic acids is 2. The van der Waals surface area contributed by atoms with Crippen LogP contribution in [0.25, 0.3) is 0 Å². The van der Waals surface area contributed by atoms with Crippen molar-refractivity contribution < 1.29 is 9.59 Å². The summed E-state index contributed by atoms with van der Waals surface area (Å²) in [5, 5.41) is 4.33. The molecule has 0 aliphatic carbocycles. The SMILES string of the molecule is CCN(CC(=O)NC)C(=O)c1csc(I)c1. The number of nitrogens with one attached hydrogen (secondary N) is 1.